The third-order valence-corrected chi connectivity index (χ3v) is 8.87. The largest absolute Gasteiger partial charge is 0.756 e. The van der Waals surface area contributed by atoms with Crippen LogP contribution in [0.4, 0.5) is 0 Å². The molecule has 6 rings (SSSR count). The van der Waals surface area contributed by atoms with Crippen LogP contribution in [0.5, 0.6) is 0 Å². The summed E-state index contributed by atoms with van der Waals surface area (Å²) in [5.41, 5.74) is -1.27. The molecule has 0 amide bonds. The average Bonchev–Trinajstić information content (AvgIpc) is 3.37. The summed E-state index contributed by atoms with van der Waals surface area (Å²) in [5.74, 6) is 0. The van der Waals surface area contributed by atoms with Gasteiger partial charge in [-0.15, -0.1) is 0 Å². The van der Waals surface area contributed by atoms with Crippen LogP contribution in [0, 0.1) is 0 Å². The minimum absolute atomic E-state index is 0.0695. The van der Waals surface area contributed by atoms with Crippen molar-refractivity contribution in [2.45, 2.75) is 49.1 Å². The van der Waals surface area contributed by atoms with Gasteiger partial charge in [-0.25, -0.2) is 14.3 Å². The third-order valence-electron chi connectivity index (χ3n) is 5.78. The molecule has 21 heteroatoms. The molecule has 2 fully saturated rings. The summed E-state index contributed by atoms with van der Waals surface area (Å²) in [5, 5.41) is 41.5. The highest BCUT2D eigenvalue weighted by Gasteiger charge is 2.47. The monoisotopic (exact) mass is 618 g/mol. The number of imidazole rings is 1. The Bertz CT molecular complexity index is 1340. The van der Waals surface area contributed by atoms with E-state index < -0.39 is 83.5 Å². The topological polar surface area (TPSA) is 260 Å². The van der Waals surface area contributed by atoms with Gasteiger partial charge in [-0.3, -0.25) is 23.1 Å². The molecular formula is C15H17BrN4O14P2-2. The third kappa shape index (κ3) is 4.52. The number of aliphatic hydroxyl groups is 4. The number of phosphoric acid groups is 2. The lowest BCUT2D eigenvalue weighted by Crippen LogP contribution is -2.36. The Morgan fingerprint density at radius 2 is 1.47 bits per heavy atom. The molecular weight excluding hydrogens is 602 g/mol. The van der Waals surface area contributed by atoms with Crippen LogP contribution < -0.4 is 15.3 Å². The molecule has 2 aromatic heterocycles. The lowest BCUT2D eigenvalue weighted by atomic mass is 10.1. The van der Waals surface area contributed by atoms with Crippen LogP contribution in [0.2, 0.25) is 0 Å². The van der Waals surface area contributed by atoms with E-state index in [9.17, 15) is 44.1 Å². The molecule has 0 aromatic carbocycles. The summed E-state index contributed by atoms with van der Waals surface area (Å²) < 4.78 is 49.7. The number of aromatic nitrogens is 4. The van der Waals surface area contributed by atoms with Crippen LogP contribution in [0.15, 0.2) is 15.9 Å². The number of hydrogen-bond acceptors (Lipinski definition) is 16. The van der Waals surface area contributed by atoms with E-state index in [0.717, 1.165) is 15.5 Å². The smallest absolute Gasteiger partial charge is 0.283 e. The number of halogens is 1. The molecule has 8 bridgehead atoms. The zero-order chi connectivity index (χ0) is 26.2. The predicted molar refractivity (Wildman–Crippen MR) is 110 cm³/mol. The summed E-state index contributed by atoms with van der Waals surface area (Å²) in [6.45, 7) is -1.98. The maximum Gasteiger partial charge on any atom is 0.283 e. The van der Waals surface area contributed by atoms with Crippen molar-refractivity contribution >= 4 is 42.7 Å². The van der Waals surface area contributed by atoms with E-state index in [1.807, 2.05) is 0 Å². The molecule has 0 radical (unpaired) electrons. The van der Waals surface area contributed by atoms with Gasteiger partial charge < -0.3 is 48.7 Å². The van der Waals surface area contributed by atoms with Crippen LogP contribution in [0.1, 0.15) is 12.5 Å². The highest BCUT2D eigenvalue weighted by molar-refractivity contribution is 9.10. The van der Waals surface area contributed by atoms with Gasteiger partial charge in [0.25, 0.3) is 21.2 Å². The van der Waals surface area contributed by atoms with Crippen molar-refractivity contribution in [1.82, 2.24) is 19.1 Å². The van der Waals surface area contributed by atoms with Gasteiger partial charge in [0.05, 0.1) is 13.2 Å². The predicted octanol–water partition coefficient (Wildman–Crippen LogP) is -3.41. The fourth-order valence-electron chi connectivity index (χ4n) is 4.04. The first-order valence-corrected chi connectivity index (χ1v) is 13.8. The van der Waals surface area contributed by atoms with E-state index in [2.05, 4.69) is 39.3 Å². The Balaban J connectivity index is 1.61. The van der Waals surface area contributed by atoms with Crippen molar-refractivity contribution < 1.29 is 62.2 Å². The average molecular weight is 619 g/mol. The fourth-order valence-corrected chi connectivity index (χ4v) is 6.60. The minimum atomic E-state index is -5.61. The second-order valence-electron chi connectivity index (χ2n) is 8.04. The molecule has 10 atom stereocenters. The highest BCUT2D eigenvalue weighted by Crippen LogP contribution is 2.56. The van der Waals surface area contributed by atoms with Gasteiger partial charge in [-0.2, -0.15) is 0 Å². The molecule has 2 aromatic rings. The SMILES string of the molecule is O=c1c2nc(Br)n3c2ncn1[C@@H]1O[C@H](COP(=O)([O-])OP(=O)([O-])OC[C@H]2O[C@@H]3[C@H](O)[C@@H]2O)[C@@H](O)[C@H]1O. The van der Waals surface area contributed by atoms with E-state index in [0.29, 0.717) is 0 Å². The van der Waals surface area contributed by atoms with Gasteiger partial charge in [0.1, 0.15) is 43.0 Å². The maximum atomic E-state index is 13.1. The molecule has 200 valence electrons. The van der Waals surface area contributed by atoms with Crippen LogP contribution >= 0.6 is 31.6 Å². The number of nitrogens with zero attached hydrogens (tertiary/aromatic N) is 4. The van der Waals surface area contributed by atoms with Crippen LogP contribution in [0.3, 0.4) is 0 Å². The molecule has 0 saturated carbocycles. The molecule has 4 aliphatic rings. The Labute approximate surface area is 207 Å². The fraction of sp³-hybridized carbons (Fsp3) is 0.667. The van der Waals surface area contributed by atoms with Gasteiger partial charge in [0, 0.05) is 0 Å². The van der Waals surface area contributed by atoms with Gasteiger partial charge >= 0.3 is 0 Å². The van der Waals surface area contributed by atoms with Crippen molar-refractivity contribution in [3.05, 3.63) is 21.4 Å². The molecule has 2 saturated heterocycles. The highest BCUT2D eigenvalue weighted by atomic mass is 79.9. The summed E-state index contributed by atoms with van der Waals surface area (Å²) in [7, 11) is -11.2. The van der Waals surface area contributed by atoms with E-state index in [1.54, 1.807) is 0 Å². The van der Waals surface area contributed by atoms with Crippen molar-refractivity contribution in [3.63, 3.8) is 0 Å². The first-order chi connectivity index (χ1) is 16.8. The molecule has 4 N–H and O–H groups in total. The van der Waals surface area contributed by atoms with Crippen LogP contribution in [-0.2, 0) is 32.0 Å². The molecule has 18 nitrogen and oxygen atoms in total. The minimum Gasteiger partial charge on any atom is -0.756 e. The van der Waals surface area contributed by atoms with E-state index >= 15 is 0 Å². The second kappa shape index (κ2) is 9.25. The van der Waals surface area contributed by atoms with E-state index in [-0.39, 0.29) is 15.9 Å². The van der Waals surface area contributed by atoms with Crippen LogP contribution in [0.25, 0.3) is 11.2 Å². The number of rotatable bonds is 0. The number of ether oxygens (including phenoxy) is 2. The molecule has 2 unspecified atom stereocenters. The van der Waals surface area contributed by atoms with Crippen molar-refractivity contribution in [3.8, 4) is 0 Å². The van der Waals surface area contributed by atoms with Crippen molar-refractivity contribution in [2.75, 3.05) is 13.2 Å². The molecule has 36 heavy (non-hydrogen) atoms. The Kier molecular flexibility index (Phi) is 6.80. The van der Waals surface area contributed by atoms with Crippen LogP contribution in [-0.4, -0.2) is 89.4 Å². The molecule has 4 aliphatic heterocycles. The van der Waals surface area contributed by atoms with Gasteiger partial charge in [0.2, 0.25) is 0 Å². The van der Waals surface area contributed by atoms with E-state index in [1.165, 1.54) is 0 Å². The maximum absolute atomic E-state index is 13.1. The zero-order valence-corrected chi connectivity index (χ0v) is 20.9. The summed E-state index contributed by atoms with van der Waals surface area (Å²) in [6.07, 6.45) is -12.1. The van der Waals surface area contributed by atoms with Gasteiger partial charge in [-0.1, -0.05) is 0 Å². The van der Waals surface area contributed by atoms with E-state index in [4.69, 9.17) is 9.47 Å². The normalized spacial score (nSPS) is 43.8. The standard InChI is InChI=1S/C15H19BrN4O14P2/c16-15-18-6-11-17-3-19(12(6)25)13-9(23)7(21)4(32-13)1-30-35(26,27)34-36(28,29)31-2-5-8(22)10(24)14(33-5)20(11)15/h3-5,7-10,13-14,21-24H,1-2H2,(H,26,27)(H,28,29)/p-2/t4-,5-,7-,8-,9-,10-,13-,14-/m1/s1. The number of hydrogen-bond donors (Lipinski definition) is 4. The zero-order valence-electron chi connectivity index (χ0n) is 17.5. The number of fused-ring (bicyclic) bond motifs is 7. The number of aliphatic hydroxyl groups excluding tert-OH is 4. The second-order valence-corrected chi connectivity index (χ2v) is 11.7. The lowest BCUT2D eigenvalue weighted by molar-refractivity contribution is -0.246. The first kappa shape index (κ1) is 26.5. The van der Waals surface area contributed by atoms with Crippen molar-refractivity contribution in [2.24, 2.45) is 0 Å². The Morgan fingerprint density at radius 3 is 2.06 bits per heavy atom. The number of phosphoric ester groups is 2. The quantitative estimate of drug-likeness (QED) is 0.165. The van der Waals surface area contributed by atoms with Crippen molar-refractivity contribution in [1.29, 1.82) is 0 Å². The first-order valence-electron chi connectivity index (χ1n) is 10.1. The molecule has 0 aliphatic carbocycles. The lowest BCUT2D eigenvalue weighted by Gasteiger charge is -2.32. The van der Waals surface area contributed by atoms with Gasteiger partial charge in [-0.05, 0) is 15.9 Å². The summed E-state index contributed by atoms with van der Waals surface area (Å²) in [4.78, 5) is 45.3. The molecule has 6 heterocycles. The molecule has 0 spiro atoms. The Hall–Kier alpha value is -1.15. The summed E-state index contributed by atoms with van der Waals surface area (Å²) in [6, 6.07) is 0. The Morgan fingerprint density at radius 1 is 0.944 bits per heavy atom. The summed E-state index contributed by atoms with van der Waals surface area (Å²) >= 11 is 3.12. The van der Waals surface area contributed by atoms with Gasteiger partial charge in [0.15, 0.2) is 28.4 Å².